The number of amides is 3. The molecule has 0 saturated heterocycles. The van der Waals surface area contributed by atoms with Gasteiger partial charge >= 0.3 is 0 Å². The number of aromatic nitrogens is 2. The van der Waals surface area contributed by atoms with Crippen molar-refractivity contribution in [3.8, 4) is 0 Å². The number of benzene rings is 2. The molecule has 28 heavy (non-hydrogen) atoms. The quantitative estimate of drug-likeness (QED) is 0.652. The van der Waals surface area contributed by atoms with E-state index >= 15 is 0 Å². The number of hydrogen-bond donors (Lipinski definition) is 3. The topological polar surface area (TPSA) is 105 Å². The maximum atomic E-state index is 12.7. The highest BCUT2D eigenvalue weighted by molar-refractivity contribution is 6.11. The highest BCUT2D eigenvalue weighted by atomic mass is 16.2. The number of nitrogens with zero attached hydrogens (tertiary/aromatic N) is 2. The Morgan fingerprint density at radius 2 is 2.00 bits per heavy atom. The predicted octanol–water partition coefficient (Wildman–Crippen LogP) is 2.55. The molecular formula is C20H19N5O3. The minimum Gasteiger partial charge on any atom is -0.343 e. The average molecular weight is 377 g/mol. The molecule has 8 heteroatoms. The van der Waals surface area contributed by atoms with Crippen LogP contribution in [0, 0.1) is 0 Å². The lowest BCUT2D eigenvalue weighted by atomic mass is 10.1. The second kappa shape index (κ2) is 6.80. The van der Waals surface area contributed by atoms with E-state index in [0.717, 1.165) is 10.9 Å². The Hall–Kier alpha value is -3.68. The number of rotatable bonds is 3. The molecule has 142 valence electrons. The Kier molecular flexibility index (Phi) is 4.31. The summed E-state index contributed by atoms with van der Waals surface area (Å²) in [4.78, 5) is 36.4. The molecule has 0 aliphatic carbocycles. The van der Waals surface area contributed by atoms with Crippen molar-refractivity contribution in [3.05, 3.63) is 53.7 Å². The Bertz CT molecular complexity index is 1120. The zero-order valence-corrected chi connectivity index (χ0v) is 15.4. The van der Waals surface area contributed by atoms with E-state index in [4.69, 9.17) is 0 Å². The molecule has 2 heterocycles. The van der Waals surface area contributed by atoms with Crippen LogP contribution in [-0.2, 0) is 4.79 Å². The Morgan fingerprint density at radius 3 is 2.79 bits per heavy atom. The van der Waals surface area contributed by atoms with E-state index in [2.05, 4.69) is 21.0 Å². The molecule has 2 aromatic carbocycles. The Balaban J connectivity index is 1.62. The Labute approximate surface area is 160 Å². The van der Waals surface area contributed by atoms with Gasteiger partial charge in [0.15, 0.2) is 0 Å². The summed E-state index contributed by atoms with van der Waals surface area (Å²) in [6, 6.07) is 10.4. The third-order valence-electron chi connectivity index (χ3n) is 4.56. The van der Waals surface area contributed by atoms with E-state index < -0.39 is 0 Å². The van der Waals surface area contributed by atoms with Crippen molar-refractivity contribution in [2.24, 2.45) is 0 Å². The zero-order chi connectivity index (χ0) is 19.8. The summed E-state index contributed by atoms with van der Waals surface area (Å²) in [5.74, 6) is -1.03. The first-order valence-corrected chi connectivity index (χ1v) is 8.93. The zero-order valence-electron chi connectivity index (χ0n) is 15.4. The molecule has 3 amide bonds. The second-order valence-corrected chi connectivity index (χ2v) is 6.90. The lowest BCUT2D eigenvalue weighted by Gasteiger charge is -2.11. The molecule has 1 aromatic heterocycles. The number of nitrogens with one attached hydrogen (secondary N) is 3. The van der Waals surface area contributed by atoms with Crippen LogP contribution in [0.15, 0.2) is 42.6 Å². The highest BCUT2D eigenvalue weighted by Gasteiger charge is 2.20. The first-order valence-electron chi connectivity index (χ1n) is 8.93. The number of fused-ring (bicyclic) bond motifs is 2. The van der Waals surface area contributed by atoms with Crippen molar-refractivity contribution in [1.82, 2.24) is 15.1 Å². The van der Waals surface area contributed by atoms with Crippen LogP contribution in [0.3, 0.4) is 0 Å². The molecule has 1 aliphatic rings. The number of carbonyl (C=O) groups is 3. The van der Waals surface area contributed by atoms with Crippen LogP contribution in [0.2, 0.25) is 0 Å². The van der Waals surface area contributed by atoms with Crippen molar-refractivity contribution in [2.75, 3.05) is 17.2 Å². The summed E-state index contributed by atoms with van der Waals surface area (Å²) in [6.45, 7) is 3.98. The fourth-order valence-electron chi connectivity index (χ4n) is 3.17. The van der Waals surface area contributed by atoms with Crippen molar-refractivity contribution in [3.63, 3.8) is 0 Å². The van der Waals surface area contributed by atoms with Gasteiger partial charge in [-0.05, 0) is 50.2 Å². The van der Waals surface area contributed by atoms with Gasteiger partial charge in [0, 0.05) is 22.7 Å². The van der Waals surface area contributed by atoms with Gasteiger partial charge in [-0.15, -0.1) is 0 Å². The van der Waals surface area contributed by atoms with Gasteiger partial charge in [-0.1, -0.05) is 0 Å². The minimum atomic E-state index is -0.354. The van der Waals surface area contributed by atoms with Gasteiger partial charge < -0.3 is 16.0 Å². The molecule has 0 bridgehead atoms. The maximum Gasteiger partial charge on any atom is 0.255 e. The lowest BCUT2D eigenvalue weighted by molar-refractivity contribution is -0.115. The molecule has 4 rings (SSSR count). The van der Waals surface area contributed by atoms with Gasteiger partial charge in [-0.25, -0.2) is 0 Å². The third-order valence-corrected chi connectivity index (χ3v) is 4.56. The summed E-state index contributed by atoms with van der Waals surface area (Å²) in [7, 11) is 0. The molecule has 1 aliphatic heterocycles. The molecule has 0 radical (unpaired) electrons. The average Bonchev–Trinajstić information content (AvgIpc) is 3.03. The van der Waals surface area contributed by atoms with Crippen molar-refractivity contribution >= 4 is 40.0 Å². The van der Waals surface area contributed by atoms with Crippen LogP contribution in [0.5, 0.6) is 0 Å². The molecule has 0 spiro atoms. The van der Waals surface area contributed by atoms with Crippen molar-refractivity contribution < 1.29 is 14.4 Å². The van der Waals surface area contributed by atoms with Crippen molar-refractivity contribution in [2.45, 2.75) is 19.9 Å². The lowest BCUT2D eigenvalue weighted by Crippen LogP contribution is -2.28. The highest BCUT2D eigenvalue weighted by Crippen LogP contribution is 2.24. The van der Waals surface area contributed by atoms with Crippen molar-refractivity contribution in [1.29, 1.82) is 0 Å². The fourth-order valence-corrected chi connectivity index (χ4v) is 3.17. The van der Waals surface area contributed by atoms with Gasteiger partial charge in [0.1, 0.15) is 0 Å². The number of anilines is 2. The minimum absolute atomic E-state index is 0.0986. The van der Waals surface area contributed by atoms with Gasteiger partial charge in [-0.2, -0.15) is 5.10 Å². The van der Waals surface area contributed by atoms with E-state index in [-0.39, 0.29) is 30.3 Å². The number of carbonyl (C=O) groups excluding carboxylic acids is 3. The molecule has 0 atom stereocenters. The summed E-state index contributed by atoms with van der Waals surface area (Å²) < 4.78 is 1.89. The fraction of sp³-hybridized carbons (Fsp3) is 0.200. The van der Waals surface area contributed by atoms with Gasteiger partial charge in [0.05, 0.1) is 29.5 Å². The van der Waals surface area contributed by atoms with Crippen LogP contribution in [0.4, 0.5) is 11.4 Å². The van der Waals surface area contributed by atoms with E-state index in [0.29, 0.717) is 22.5 Å². The van der Waals surface area contributed by atoms with Crippen LogP contribution in [-0.4, -0.2) is 34.0 Å². The molecule has 0 fully saturated rings. The summed E-state index contributed by atoms with van der Waals surface area (Å²) in [6.07, 6.45) is 1.79. The summed E-state index contributed by atoms with van der Waals surface area (Å²) >= 11 is 0. The van der Waals surface area contributed by atoms with Gasteiger partial charge in [0.2, 0.25) is 5.91 Å². The van der Waals surface area contributed by atoms with Crippen LogP contribution in [0.1, 0.15) is 40.6 Å². The molecule has 8 nitrogen and oxygen atoms in total. The molecule has 3 aromatic rings. The van der Waals surface area contributed by atoms with Gasteiger partial charge in [0.25, 0.3) is 11.8 Å². The van der Waals surface area contributed by atoms with E-state index in [1.165, 1.54) is 12.1 Å². The normalized spacial score (nSPS) is 13.7. The molecule has 3 N–H and O–H groups in total. The SMILES string of the molecule is CC(C)n1ncc2ccc(NC(=O)c3ccc4c(c3)NC(=O)CNC4=O)cc21. The molecular weight excluding hydrogens is 358 g/mol. The maximum absolute atomic E-state index is 12.7. The first kappa shape index (κ1) is 17.7. The predicted molar refractivity (Wildman–Crippen MR) is 105 cm³/mol. The van der Waals surface area contributed by atoms with E-state index in [1.807, 2.05) is 36.7 Å². The first-order chi connectivity index (χ1) is 13.4. The number of hydrogen-bond acceptors (Lipinski definition) is 4. The third kappa shape index (κ3) is 3.20. The summed E-state index contributed by atoms with van der Waals surface area (Å²) in [5, 5.41) is 13.4. The molecule has 0 unspecified atom stereocenters. The monoisotopic (exact) mass is 377 g/mol. The molecule has 0 saturated carbocycles. The van der Waals surface area contributed by atoms with E-state index in [1.54, 1.807) is 12.3 Å². The van der Waals surface area contributed by atoms with Crippen LogP contribution >= 0.6 is 0 Å². The standard InChI is InChI=1S/C20H19N5O3/c1-11(2)25-17-8-14(5-3-13(17)9-22-25)23-19(27)12-4-6-15-16(7-12)24-18(26)10-21-20(15)28/h3-9,11H,10H2,1-2H3,(H,21,28)(H,23,27)(H,24,26). The van der Waals surface area contributed by atoms with E-state index in [9.17, 15) is 14.4 Å². The van der Waals surface area contributed by atoms with Crippen LogP contribution < -0.4 is 16.0 Å². The largest absolute Gasteiger partial charge is 0.343 e. The van der Waals surface area contributed by atoms with Crippen LogP contribution in [0.25, 0.3) is 10.9 Å². The second-order valence-electron chi connectivity index (χ2n) is 6.90. The smallest absolute Gasteiger partial charge is 0.255 e. The van der Waals surface area contributed by atoms with Gasteiger partial charge in [-0.3, -0.25) is 19.1 Å². The summed E-state index contributed by atoms with van der Waals surface area (Å²) in [5.41, 5.74) is 2.55. The Morgan fingerprint density at radius 1 is 1.18 bits per heavy atom.